The van der Waals surface area contributed by atoms with Crippen LogP contribution < -0.4 is 20.1 Å². The zero-order valence-electron chi connectivity index (χ0n) is 18.1. The molecule has 1 heterocycles. The van der Waals surface area contributed by atoms with Gasteiger partial charge in [0.15, 0.2) is 0 Å². The summed E-state index contributed by atoms with van der Waals surface area (Å²) < 4.78 is 33.0. The van der Waals surface area contributed by atoms with Crippen LogP contribution in [0.4, 0.5) is 17.5 Å². The first-order valence-corrected chi connectivity index (χ1v) is 11.3. The lowest BCUT2D eigenvalue weighted by Gasteiger charge is -2.12. The van der Waals surface area contributed by atoms with Gasteiger partial charge in [-0.2, -0.15) is 4.98 Å². The van der Waals surface area contributed by atoms with Crippen molar-refractivity contribution < 1.29 is 13.2 Å². The van der Waals surface area contributed by atoms with Gasteiger partial charge in [-0.25, -0.2) is 18.1 Å². The van der Waals surface area contributed by atoms with Gasteiger partial charge in [0.2, 0.25) is 16.0 Å². The van der Waals surface area contributed by atoms with Crippen LogP contribution in [0.25, 0.3) is 0 Å². The second-order valence-electron chi connectivity index (χ2n) is 7.17. The Morgan fingerprint density at radius 2 is 1.68 bits per heavy atom. The Labute approximate surface area is 183 Å². The van der Waals surface area contributed by atoms with E-state index in [9.17, 15) is 8.42 Å². The Kier molecular flexibility index (Phi) is 7.09. The van der Waals surface area contributed by atoms with E-state index in [0.717, 1.165) is 22.7 Å². The molecule has 0 aliphatic rings. The van der Waals surface area contributed by atoms with Gasteiger partial charge in [0.1, 0.15) is 11.6 Å². The number of nitrogens with zero attached hydrogens (tertiary/aromatic N) is 2. The Morgan fingerprint density at radius 3 is 2.39 bits per heavy atom. The van der Waals surface area contributed by atoms with Gasteiger partial charge in [0.25, 0.3) is 0 Å². The van der Waals surface area contributed by atoms with Crippen molar-refractivity contribution in [3.05, 3.63) is 65.4 Å². The molecule has 0 aliphatic carbocycles. The van der Waals surface area contributed by atoms with Crippen LogP contribution >= 0.6 is 0 Å². The maximum atomic E-state index is 12.6. The third kappa shape index (κ3) is 6.16. The highest BCUT2D eigenvalue weighted by molar-refractivity contribution is 7.89. The van der Waals surface area contributed by atoms with E-state index < -0.39 is 10.0 Å². The molecule has 0 amide bonds. The van der Waals surface area contributed by atoms with Crippen LogP contribution in [0.2, 0.25) is 0 Å². The van der Waals surface area contributed by atoms with E-state index >= 15 is 0 Å². The van der Waals surface area contributed by atoms with Gasteiger partial charge < -0.3 is 15.4 Å². The normalized spacial score (nSPS) is 11.2. The number of anilines is 3. The number of ether oxygens (including phenoxy) is 1. The number of methoxy groups -OCH3 is 1. The predicted molar refractivity (Wildman–Crippen MR) is 123 cm³/mol. The highest BCUT2D eigenvalue weighted by atomic mass is 32.2. The van der Waals surface area contributed by atoms with E-state index in [-0.39, 0.29) is 6.54 Å². The van der Waals surface area contributed by atoms with E-state index in [1.165, 1.54) is 0 Å². The maximum absolute atomic E-state index is 12.6. The molecule has 0 fully saturated rings. The highest BCUT2D eigenvalue weighted by Gasteiger charge is 2.16. The monoisotopic (exact) mass is 441 g/mol. The molecule has 0 radical (unpaired) electrons. The Bertz CT molecular complexity index is 1150. The molecule has 1 aromatic heterocycles. The van der Waals surface area contributed by atoms with Crippen molar-refractivity contribution in [1.29, 1.82) is 0 Å². The fraction of sp³-hybridized carbons (Fsp3) is 0.273. The van der Waals surface area contributed by atoms with Crippen LogP contribution in [0, 0.1) is 20.8 Å². The van der Waals surface area contributed by atoms with Crippen molar-refractivity contribution in [2.75, 3.05) is 30.8 Å². The van der Waals surface area contributed by atoms with E-state index in [4.69, 9.17) is 4.74 Å². The predicted octanol–water partition coefficient (Wildman–Crippen LogP) is 3.54. The summed E-state index contributed by atoms with van der Waals surface area (Å²) in [6.07, 6.45) is 0. The topological polar surface area (TPSA) is 105 Å². The number of nitrogens with one attached hydrogen (secondary N) is 3. The summed E-state index contributed by atoms with van der Waals surface area (Å²) in [5.41, 5.74) is 3.26. The van der Waals surface area contributed by atoms with Gasteiger partial charge in [-0.05, 0) is 62.2 Å². The molecule has 8 nitrogen and oxygen atoms in total. The molecule has 9 heteroatoms. The lowest BCUT2D eigenvalue weighted by atomic mass is 10.2. The van der Waals surface area contributed by atoms with Crippen molar-refractivity contribution in [3.63, 3.8) is 0 Å². The molecule has 31 heavy (non-hydrogen) atoms. The minimum atomic E-state index is -3.58. The summed E-state index contributed by atoms with van der Waals surface area (Å²) in [5.74, 6) is 1.83. The van der Waals surface area contributed by atoms with Gasteiger partial charge in [-0.1, -0.05) is 12.1 Å². The molecule has 0 saturated heterocycles. The molecular formula is C22H27N5O3S. The number of rotatable bonds is 9. The van der Waals surface area contributed by atoms with Crippen molar-refractivity contribution in [2.45, 2.75) is 25.7 Å². The first-order chi connectivity index (χ1) is 14.8. The van der Waals surface area contributed by atoms with Crippen molar-refractivity contribution in [3.8, 4) is 5.75 Å². The Balaban J connectivity index is 1.59. The molecule has 0 aliphatic heterocycles. The number of hydrogen-bond donors (Lipinski definition) is 3. The minimum Gasteiger partial charge on any atom is -0.497 e. The van der Waals surface area contributed by atoms with Gasteiger partial charge in [0, 0.05) is 30.5 Å². The molecule has 0 unspecified atom stereocenters. The molecular weight excluding hydrogens is 414 g/mol. The smallest absolute Gasteiger partial charge is 0.240 e. The molecule has 0 bridgehead atoms. The number of hydrogen-bond acceptors (Lipinski definition) is 7. The lowest BCUT2D eigenvalue weighted by Crippen LogP contribution is -2.29. The lowest BCUT2D eigenvalue weighted by molar-refractivity contribution is 0.415. The summed E-state index contributed by atoms with van der Waals surface area (Å²) in [6, 6.07) is 14.7. The highest BCUT2D eigenvalue weighted by Crippen LogP contribution is 2.20. The van der Waals surface area contributed by atoms with Gasteiger partial charge in [-0.15, -0.1) is 0 Å². The van der Waals surface area contributed by atoms with E-state index in [1.54, 1.807) is 26.2 Å². The summed E-state index contributed by atoms with van der Waals surface area (Å²) in [5, 5.41) is 6.30. The van der Waals surface area contributed by atoms with Crippen LogP contribution in [-0.2, 0) is 10.0 Å². The molecule has 0 atom stereocenters. The summed E-state index contributed by atoms with van der Waals surface area (Å²) >= 11 is 0. The first kappa shape index (κ1) is 22.5. The van der Waals surface area contributed by atoms with Gasteiger partial charge in [-0.3, -0.25) is 0 Å². The van der Waals surface area contributed by atoms with Crippen LogP contribution in [0.5, 0.6) is 5.75 Å². The largest absolute Gasteiger partial charge is 0.497 e. The third-order valence-electron chi connectivity index (χ3n) is 4.55. The maximum Gasteiger partial charge on any atom is 0.240 e. The van der Waals surface area contributed by atoms with E-state index in [2.05, 4.69) is 25.3 Å². The summed E-state index contributed by atoms with van der Waals surface area (Å²) in [4.78, 5) is 9.11. The van der Waals surface area contributed by atoms with E-state index in [1.807, 2.05) is 50.2 Å². The van der Waals surface area contributed by atoms with E-state index in [0.29, 0.717) is 28.8 Å². The Hall–Kier alpha value is -3.17. The molecule has 164 valence electrons. The zero-order chi connectivity index (χ0) is 22.4. The second-order valence-corrected chi connectivity index (χ2v) is 8.90. The summed E-state index contributed by atoms with van der Waals surface area (Å²) in [7, 11) is -1.96. The van der Waals surface area contributed by atoms with Gasteiger partial charge in [0.05, 0.1) is 12.0 Å². The van der Waals surface area contributed by atoms with Crippen LogP contribution in [0.1, 0.15) is 16.8 Å². The van der Waals surface area contributed by atoms with Crippen LogP contribution in [0.15, 0.2) is 53.4 Å². The first-order valence-electron chi connectivity index (χ1n) is 9.84. The van der Waals surface area contributed by atoms with Crippen molar-refractivity contribution >= 4 is 27.5 Å². The molecule has 0 spiro atoms. The fourth-order valence-electron chi connectivity index (χ4n) is 2.97. The zero-order valence-corrected chi connectivity index (χ0v) is 18.9. The van der Waals surface area contributed by atoms with Crippen molar-refractivity contribution in [2.24, 2.45) is 0 Å². The minimum absolute atomic E-state index is 0.203. The second kappa shape index (κ2) is 9.76. The molecule has 3 rings (SSSR count). The number of benzene rings is 2. The SMILES string of the molecule is COc1ccc(Nc2cc(C)nc(NCCNS(=O)(=O)c3cc(C)ccc3C)n2)cc1. The van der Waals surface area contributed by atoms with Crippen LogP contribution in [-0.4, -0.2) is 38.6 Å². The Morgan fingerprint density at radius 1 is 0.935 bits per heavy atom. The third-order valence-corrected chi connectivity index (χ3v) is 6.15. The molecule has 3 aromatic rings. The van der Waals surface area contributed by atoms with Crippen LogP contribution in [0.3, 0.4) is 0 Å². The van der Waals surface area contributed by atoms with Gasteiger partial charge >= 0.3 is 0 Å². The molecule has 2 aromatic carbocycles. The van der Waals surface area contributed by atoms with Crippen molar-refractivity contribution in [1.82, 2.24) is 14.7 Å². The number of sulfonamides is 1. The quantitative estimate of drug-likeness (QED) is 0.436. The average molecular weight is 442 g/mol. The summed E-state index contributed by atoms with van der Waals surface area (Å²) in [6.45, 7) is 6.07. The average Bonchev–Trinajstić information content (AvgIpc) is 2.73. The fourth-order valence-corrected chi connectivity index (χ4v) is 4.33. The number of aryl methyl sites for hydroxylation is 3. The standard InChI is InChI=1S/C22H27N5O3S/c1-15-5-6-16(2)20(13-15)31(28,29)24-12-11-23-22-25-17(3)14-21(27-22)26-18-7-9-19(30-4)10-8-18/h5-10,13-14,24H,11-12H2,1-4H3,(H2,23,25,26,27). The number of aromatic nitrogens is 2. The molecule has 3 N–H and O–H groups in total. The molecule has 0 saturated carbocycles.